The number of hydrogen-bond donors (Lipinski definition) is 6. The van der Waals surface area contributed by atoms with Crippen LogP contribution in [0.3, 0.4) is 0 Å². The van der Waals surface area contributed by atoms with Crippen LogP contribution < -0.4 is 31.9 Å². The number of nitrogens with one attached hydrogen (secondary N) is 6. The molecule has 9 rings (SSSR count). The first-order valence-electron chi connectivity index (χ1n) is 15.9. The molecule has 6 N–H and O–H groups in total. The summed E-state index contributed by atoms with van der Waals surface area (Å²) >= 11 is 0. The van der Waals surface area contributed by atoms with Gasteiger partial charge in [0.15, 0.2) is 0 Å². The Labute approximate surface area is 253 Å². The number of rotatable bonds is 0. The minimum absolute atomic E-state index is 0. The first-order valence-corrected chi connectivity index (χ1v) is 15.9. The maximum atomic E-state index is 5.48. The number of fused-ring (bicyclic) bond motifs is 20. The molecule has 3 saturated heterocycles. The average Bonchev–Trinajstić information content (AvgIpc) is 3.73. The summed E-state index contributed by atoms with van der Waals surface area (Å²) in [4.78, 5) is 0. The van der Waals surface area contributed by atoms with Gasteiger partial charge in [0.25, 0.3) is 0 Å². The van der Waals surface area contributed by atoms with Crippen molar-refractivity contribution in [1.82, 2.24) is 31.9 Å². The molecule has 1 radical (unpaired) electrons. The van der Waals surface area contributed by atoms with Crippen LogP contribution in [0.4, 0.5) is 0 Å². The van der Waals surface area contributed by atoms with Crippen LogP contribution in [0.1, 0.15) is 98.3 Å². The van der Waals surface area contributed by atoms with E-state index in [0.29, 0.717) is 23.7 Å². The Bertz CT molecular complexity index is 1070. The summed E-state index contributed by atoms with van der Waals surface area (Å²) in [5, 5.41) is 34.9. The Balaban J connectivity index is 0.00000256. The van der Waals surface area contributed by atoms with Crippen molar-refractivity contribution in [1.29, 1.82) is 0 Å². The van der Waals surface area contributed by atoms with E-state index in [-0.39, 0.29) is 66.1 Å². The molecule has 5 fully saturated rings. The van der Waals surface area contributed by atoms with E-state index in [1.54, 1.807) is 0 Å². The van der Waals surface area contributed by atoms with Gasteiger partial charge in [-0.05, 0) is 45.9 Å². The fourth-order valence-corrected chi connectivity index (χ4v) is 9.40. The normalized spacial score (nSPS) is 44.3. The van der Waals surface area contributed by atoms with Crippen LogP contribution in [0.2, 0.25) is 0 Å². The van der Waals surface area contributed by atoms with Crippen molar-refractivity contribution in [2.24, 2.45) is 23.7 Å². The van der Waals surface area contributed by atoms with Gasteiger partial charge in [0, 0.05) is 0 Å². The van der Waals surface area contributed by atoms with Gasteiger partial charge >= 0.3 is 16.8 Å². The van der Waals surface area contributed by atoms with Crippen LogP contribution in [0.15, 0.2) is 48.5 Å². The average molecular weight is 598 g/mol. The third-order valence-corrected chi connectivity index (χ3v) is 11.3. The second-order valence-corrected chi connectivity index (χ2v) is 13.3. The van der Waals surface area contributed by atoms with Gasteiger partial charge in [0.05, 0.1) is 24.7 Å². The molecule has 12 unspecified atom stereocenters. The molecule has 7 aliphatic rings. The Morgan fingerprint density at radius 3 is 0.951 bits per heavy atom. The SMILES string of the molecule is [Co+2].c1ccc2c(c1)C1NC2NC2[N-]C(NC3NC(NC4[N-]C(N1)C1CCCCC41)c1ccccc13)C1CCCCC21. The smallest absolute Gasteiger partial charge is 0.632 e. The molecule has 0 aromatic heterocycles. The van der Waals surface area contributed by atoms with E-state index >= 15 is 0 Å². The van der Waals surface area contributed by atoms with Gasteiger partial charge in [-0.15, -0.1) is 0 Å². The van der Waals surface area contributed by atoms with Crippen molar-refractivity contribution in [3.8, 4) is 0 Å². The predicted octanol–water partition coefficient (Wildman–Crippen LogP) is 4.65. The largest absolute Gasteiger partial charge is 2.00 e. The summed E-state index contributed by atoms with van der Waals surface area (Å²) in [6.45, 7) is 0. The van der Waals surface area contributed by atoms with Crippen molar-refractivity contribution in [2.45, 2.75) is 101 Å². The second kappa shape index (κ2) is 11.0. The molecule has 8 nitrogen and oxygen atoms in total. The molecule has 12 atom stereocenters. The summed E-state index contributed by atoms with van der Waals surface area (Å²) in [6, 6.07) is 17.9. The van der Waals surface area contributed by atoms with Crippen LogP contribution >= 0.6 is 0 Å². The molecule has 2 saturated carbocycles. The van der Waals surface area contributed by atoms with Gasteiger partial charge in [0.1, 0.15) is 0 Å². The van der Waals surface area contributed by atoms with Gasteiger partial charge in [-0.2, -0.15) is 0 Å². The van der Waals surface area contributed by atoms with Crippen molar-refractivity contribution < 1.29 is 16.8 Å². The van der Waals surface area contributed by atoms with Gasteiger partial charge in [-0.1, -0.05) is 125 Å². The zero-order chi connectivity index (χ0) is 26.2. The maximum absolute atomic E-state index is 5.48. The molecule has 5 heterocycles. The van der Waals surface area contributed by atoms with E-state index in [0.717, 1.165) is 0 Å². The quantitative estimate of drug-likeness (QED) is 0.265. The number of nitrogens with zero attached hydrogens (tertiary/aromatic N) is 2. The molecule has 9 heteroatoms. The molecule has 0 amide bonds. The monoisotopic (exact) mass is 597 g/mol. The summed E-state index contributed by atoms with van der Waals surface area (Å²) < 4.78 is 0. The van der Waals surface area contributed by atoms with Crippen LogP contribution in [0, 0.1) is 23.7 Å². The van der Waals surface area contributed by atoms with E-state index in [1.165, 1.54) is 73.6 Å². The van der Waals surface area contributed by atoms with Crippen LogP contribution in [0.5, 0.6) is 0 Å². The second-order valence-electron chi connectivity index (χ2n) is 13.3. The molecule has 219 valence electrons. The number of hydrogen-bond acceptors (Lipinski definition) is 6. The van der Waals surface area contributed by atoms with Crippen molar-refractivity contribution in [2.75, 3.05) is 0 Å². The first kappa shape index (κ1) is 27.2. The number of benzene rings is 2. The summed E-state index contributed by atoms with van der Waals surface area (Å²) in [6.07, 6.45) is 11.2. The molecule has 0 spiro atoms. The van der Waals surface area contributed by atoms with Gasteiger partial charge in [0.2, 0.25) is 0 Å². The molecule has 41 heavy (non-hydrogen) atoms. The van der Waals surface area contributed by atoms with E-state index in [9.17, 15) is 0 Å². The zero-order valence-electron chi connectivity index (χ0n) is 23.4. The molecular formula is C32H42CoN8. The van der Waals surface area contributed by atoms with Crippen LogP contribution in [0.25, 0.3) is 10.6 Å². The van der Waals surface area contributed by atoms with Crippen LogP contribution in [-0.4, -0.2) is 24.7 Å². The molecule has 2 aliphatic carbocycles. The van der Waals surface area contributed by atoms with Gasteiger partial charge in [-0.25, -0.2) is 0 Å². The van der Waals surface area contributed by atoms with Crippen molar-refractivity contribution in [3.63, 3.8) is 0 Å². The zero-order valence-corrected chi connectivity index (χ0v) is 24.5. The minimum Gasteiger partial charge on any atom is -0.632 e. The fourth-order valence-electron chi connectivity index (χ4n) is 9.40. The fraction of sp³-hybridized carbons (Fsp3) is 0.625. The Morgan fingerprint density at radius 2 is 0.683 bits per heavy atom. The predicted molar refractivity (Wildman–Crippen MR) is 155 cm³/mol. The van der Waals surface area contributed by atoms with E-state index in [2.05, 4.69) is 80.4 Å². The van der Waals surface area contributed by atoms with E-state index < -0.39 is 0 Å². The van der Waals surface area contributed by atoms with Gasteiger partial charge in [-0.3, -0.25) is 10.6 Å². The molecule has 2 aromatic rings. The van der Waals surface area contributed by atoms with Crippen LogP contribution in [-0.2, 0) is 16.8 Å². The summed E-state index contributed by atoms with van der Waals surface area (Å²) in [5.41, 5.74) is 5.41. The van der Waals surface area contributed by atoms with E-state index in [4.69, 9.17) is 10.6 Å². The third-order valence-electron chi connectivity index (χ3n) is 11.3. The topological polar surface area (TPSA) is 100 Å². The van der Waals surface area contributed by atoms with E-state index in [1.807, 2.05) is 0 Å². The summed E-state index contributed by atoms with van der Waals surface area (Å²) in [5.74, 6) is 2.29. The molecule has 8 bridgehead atoms. The first-order chi connectivity index (χ1) is 19.8. The van der Waals surface area contributed by atoms with Crippen molar-refractivity contribution in [3.05, 3.63) is 81.4 Å². The van der Waals surface area contributed by atoms with Crippen molar-refractivity contribution >= 4 is 0 Å². The molecule has 2 aromatic carbocycles. The molecule has 5 aliphatic heterocycles. The third kappa shape index (κ3) is 4.56. The minimum atomic E-state index is 0. The Kier molecular flexibility index (Phi) is 7.27. The standard InChI is InChI=1S/C32H42N8.Co/c1-2-10-18-17(9-1)25-33-26(18)38-28-21-13-5-6-14-22(21)30(35-28)40-32-24-16-8-7-15-23(24)31(36-32)39-29-20-12-4-3-11-19(20)27(34-29)37-25;/h1-2,7-10,15-16,19-22,25-33,36-40H,3-6,11-14H2;/q-2;+2. The van der Waals surface area contributed by atoms with Gasteiger partial charge < -0.3 is 31.9 Å². The molecular weight excluding hydrogens is 555 g/mol. The Hall–Kier alpha value is -1.37. The maximum Gasteiger partial charge on any atom is 2.00 e. The Morgan fingerprint density at radius 1 is 0.415 bits per heavy atom. The summed E-state index contributed by atoms with van der Waals surface area (Å²) in [7, 11) is 0.